The van der Waals surface area contributed by atoms with E-state index >= 15 is 0 Å². The SMILES string of the molecule is C[C@H](CC#N)[C@@H](NC(=O)[C@H](O)c1ccc(C(F)(F)F)cc1)C(=O)O. The molecule has 0 radical (unpaired) electrons. The van der Waals surface area contributed by atoms with Crippen LogP contribution in [-0.4, -0.2) is 28.1 Å². The quantitative estimate of drug-likeness (QED) is 0.729. The first-order valence-electron chi connectivity index (χ1n) is 6.83. The van der Waals surface area contributed by atoms with Crippen LogP contribution in [0.3, 0.4) is 0 Å². The van der Waals surface area contributed by atoms with Crippen LogP contribution >= 0.6 is 0 Å². The Labute approximate surface area is 135 Å². The van der Waals surface area contributed by atoms with Crippen molar-refractivity contribution >= 4 is 11.9 Å². The summed E-state index contributed by atoms with van der Waals surface area (Å²) in [6, 6.07) is 3.65. The van der Waals surface area contributed by atoms with E-state index in [4.69, 9.17) is 10.4 Å². The van der Waals surface area contributed by atoms with Crippen molar-refractivity contribution in [2.75, 3.05) is 0 Å². The molecule has 24 heavy (non-hydrogen) atoms. The predicted octanol–water partition coefficient (Wildman–Crippen LogP) is 1.86. The molecule has 1 amide bonds. The minimum atomic E-state index is -4.55. The van der Waals surface area contributed by atoms with Gasteiger partial charge in [-0.2, -0.15) is 18.4 Å². The van der Waals surface area contributed by atoms with Crippen LogP contribution in [0.4, 0.5) is 13.2 Å². The van der Waals surface area contributed by atoms with Crippen molar-refractivity contribution in [1.82, 2.24) is 5.32 Å². The molecule has 0 fully saturated rings. The van der Waals surface area contributed by atoms with Crippen LogP contribution in [0.2, 0.25) is 0 Å². The van der Waals surface area contributed by atoms with E-state index in [0.717, 1.165) is 12.1 Å². The Morgan fingerprint density at radius 2 is 1.83 bits per heavy atom. The van der Waals surface area contributed by atoms with Gasteiger partial charge in [-0.25, -0.2) is 4.79 Å². The number of halogens is 3. The molecule has 130 valence electrons. The van der Waals surface area contributed by atoms with Gasteiger partial charge in [0.15, 0.2) is 6.10 Å². The lowest BCUT2D eigenvalue weighted by atomic mass is 9.98. The van der Waals surface area contributed by atoms with E-state index < -0.39 is 41.7 Å². The van der Waals surface area contributed by atoms with Crippen molar-refractivity contribution in [3.63, 3.8) is 0 Å². The smallest absolute Gasteiger partial charge is 0.416 e. The van der Waals surface area contributed by atoms with Crippen LogP contribution in [-0.2, 0) is 15.8 Å². The monoisotopic (exact) mass is 344 g/mol. The van der Waals surface area contributed by atoms with Crippen LogP contribution in [0.1, 0.15) is 30.6 Å². The van der Waals surface area contributed by atoms with Gasteiger partial charge in [0.25, 0.3) is 5.91 Å². The second kappa shape index (κ2) is 7.79. The lowest BCUT2D eigenvalue weighted by Crippen LogP contribution is -2.46. The molecule has 0 bridgehead atoms. The topological polar surface area (TPSA) is 110 Å². The summed E-state index contributed by atoms with van der Waals surface area (Å²) >= 11 is 0. The van der Waals surface area contributed by atoms with E-state index in [9.17, 15) is 27.9 Å². The number of aliphatic hydroxyl groups excluding tert-OH is 1. The van der Waals surface area contributed by atoms with E-state index in [1.165, 1.54) is 6.92 Å². The van der Waals surface area contributed by atoms with E-state index in [0.29, 0.717) is 12.1 Å². The number of nitrogens with zero attached hydrogens (tertiary/aromatic N) is 1. The van der Waals surface area contributed by atoms with Gasteiger partial charge in [-0.15, -0.1) is 0 Å². The summed E-state index contributed by atoms with van der Waals surface area (Å²) < 4.78 is 37.4. The fourth-order valence-electron chi connectivity index (χ4n) is 1.95. The van der Waals surface area contributed by atoms with Crippen molar-refractivity contribution in [3.8, 4) is 6.07 Å². The number of nitrogens with one attached hydrogen (secondary N) is 1. The standard InChI is InChI=1S/C15H15F3N2O4/c1-8(6-7-19)11(14(23)24)20-13(22)12(21)9-2-4-10(5-3-9)15(16,17)18/h2-5,8,11-12,21H,6H2,1H3,(H,20,22)(H,23,24)/t8-,11-,12-/m1/s1. The highest BCUT2D eigenvalue weighted by molar-refractivity contribution is 5.87. The first-order valence-corrected chi connectivity index (χ1v) is 6.83. The highest BCUT2D eigenvalue weighted by Gasteiger charge is 2.32. The molecule has 0 aliphatic carbocycles. The number of benzene rings is 1. The molecule has 0 aliphatic rings. The Hall–Kier alpha value is -2.60. The molecule has 1 rings (SSSR count). The molecular weight excluding hydrogens is 329 g/mol. The molecule has 0 aliphatic heterocycles. The first kappa shape index (κ1) is 19.4. The van der Waals surface area contributed by atoms with Crippen molar-refractivity contribution in [2.45, 2.75) is 31.7 Å². The van der Waals surface area contributed by atoms with Gasteiger partial charge in [0.05, 0.1) is 11.6 Å². The van der Waals surface area contributed by atoms with Gasteiger partial charge >= 0.3 is 12.1 Å². The highest BCUT2D eigenvalue weighted by Crippen LogP contribution is 2.30. The molecule has 0 unspecified atom stereocenters. The maximum atomic E-state index is 12.5. The minimum absolute atomic E-state index is 0.113. The van der Waals surface area contributed by atoms with Crippen molar-refractivity contribution in [2.24, 2.45) is 5.92 Å². The zero-order valence-electron chi connectivity index (χ0n) is 12.5. The predicted molar refractivity (Wildman–Crippen MR) is 75.4 cm³/mol. The Morgan fingerprint density at radius 3 is 2.25 bits per heavy atom. The third kappa shape index (κ3) is 4.96. The molecule has 9 heteroatoms. The first-order chi connectivity index (χ1) is 11.1. The van der Waals surface area contributed by atoms with Crippen LogP contribution in [0, 0.1) is 17.2 Å². The summed E-state index contributed by atoms with van der Waals surface area (Å²) in [6.07, 6.45) is -6.51. The van der Waals surface area contributed by atoms with Gasteiger partial charge in [0.2, 0.25) is 0 Å². The van der Waals surface area contributed by atoms with E-state index in [1.54, 1.807) is 6.07 Å². The maximum Gasteiger partial charge on any atom is 0.416 e. The highest BCUT2D eigenvalue weighted by atomic mass is 19.4. The van der Waals surface area contributed by atoms with E-state index in [-0.39, 0.29) is 12.0 Å². The van der Waals surface area contributed by atoms with Crippen LogP contribution in [0.5, 0.6) is 0 Å². The van der Waals surface area contributed by atoms with Crippen molar-refractivity contribution < 1.29 is 33.0 Å². The molecule has 6 nitrogen and oxygen atoms in total. The summed E-state index contributed by atoms with van der Waals surface area (Å²) in [4.78, 5) is 23.1. The summed E-state index contributed by atoms with van der Waals surface area (Å²) in [5.74, 6) is -3.17. The lowest BCUT2D eigenvalue weighted by molar-refractivity contribution is -0.145. The normalized spacial score (nSPS) is 15.0. The summed E-state index contributed by atoms with van der Waals surface area (Å²) in [6.45, 7) is 1.44. The number of aliphatic carboxylic acids is 1. The molecule has 3 N–H and O–H groups in total. The Morgan fingerprint density at radius 1 is 1.29 bits per heavy atom. The number of carbonyl (C=O) groups excluding carboxylic acids is 1. The van der Waals surface area contributed by atoms with E-state index in [1.807, 2.05) is 0 Å². The molecule has 0 spiro atoms. The number of alkyl halides is 3. The number of aliphatic hydroxyl groups is 1. The second-order valence-electron chi connectivity index (χ2n) is 5.19. The molecule has 0 saturated carbocycles. The Balaban J connectivity index is 2.86. The van der Waals surface area contributed by atoms with Crippen LogP contribution in [0.25, 0.3) is 0 Å². The van der Waals surface area contributed by atoms with Gasteiger partial charge in [0.1, 0.15) is 6.04 Å². The van der Waals surface area contributed by atoms with Gasteiger partial charge in [-0.1, -0.05) is 19.1 Å². The van der Waals surface area contributed by atoms with Crippen LogP contribution in [0.15, 0.2) is 24.3 Å². The fourth-order valence-corrected chi connectivity index (χ4v) is 1.95. The zero-order valence-corrected chi connectivity index (χ0v) is 12.5. The molecule has 0 saturated heterocycles. The third-order valence-electron chi connectivity index (χ3n) is 3.35. The van der Waals surface area contributed by atoms with E-state index in [2.05, 4.69) is 5.32 Å². The summed E-state index contributed by atoms with van der Waals surface area (Å²) in [5.41, 5.74) is -1.05. The number of carboxylic acids is 1. The maximum absolute atomic E-state index is 12.5. The number of nitriles is 1. The Kier molecular flexibility index (Phi) is 6.31. The molecule has 1 aromatic carbocycles. The second-order valence-corrected chi connectivity index (χ2v) is 5.19. The molecule has 1 aromatic rings. The van der Waals surface area contributed by atoms with Crippen LogP contribution < -0.4 is 5.32 Å². The number of hydrogen-bond donors (Lipinski definition) is 3. The number of carbonyl (C=O) groups is 2. The average Bonchev–Trinajstić information content (AvgIpc) is 2.50. The number of amides is 1. The van der Waals surface area contributed by atoms with Gasteiger partial charge in [-0.05, 0) is 17.7 Å². The fraction of sp³-hybridized carbons (Fsp3) is 0.400. The lowest BCUT2D eigenvalue weighted by Gasteiger charge is -2.21. The Bertz CT molecular complexity index is 638. The summed E-state index contributed by atoms with van der Waals surface area (Å²) in [7, 11) is 0. The molecule has 3 atom stereocenters. The number of hydrogen-bond acceptors (Lipinski definition) is 4. The van der Waals surface area contributed by atoms with Gasteiger partial charge in [0, 0.05) is 12.3 Å². The third-order valence-corrected chi connectivity index (χ3v) is 3.35. The average molecular weight is 344 g/mol. The van der Waals surface area contributed by atoms with Crippen molar-refractivity contribution in [3.05, 3.63) is 35.4 Å². The molecule has 0 aromatic heterocycles. The van der Waals surface area contributed by atoms with Gasteiger partial charge in [-0.3, -0.25) is 4.79 Å². The van der Waals surface area contributed by atoms with Crippen molar-refractivity contribution in [1.29, 1.82) is 5.26 Å². The molecular formula is C15H15F3N2O4. The molecule has 0 heterocycles. The largest absolute Gasteiger partial charge is 0.480 e. The summed E-state index contributed by atoms with van der Waals surface area (Å²) in [5, 5.41) is 29.6. The number of carboxylic acid groups (broad SMARTS) is 1. The zero-order chi connectivity index (χ0) is 18.5. The number of rotatable bonds is 6. The minimum Gasteiger partial charge on any atom is -0.480 e. The van der Waals surface area contributed by atoms with Gasteiger partial charge < -0.3 is 15.5 Å².